The number of nitro groups is 1. The largest absolute Gasteiger partial charge is 0.487 e. The van der Waals surface area contributed by atoms with Gasteiger partial charge in [-0.1, -0.05) is 38.1 Å². The van der Waals surface area contributed by atoms with Crippen LogP contribution in [0, 0.1) is 17.0 Å². The van der Waals surface area contributed by atoms with E-state index in [-0.39, 0.29) is 10.6 Å². The molecule has 7 nitrogen and oxygen atoms in total. The van der Waals surface area contributed by atoms with Gasteiger partial charge in [0.1, 0.15) is 11.4 Å². The van der Waals surface area contributed by atoms with E-state index in [1.165, 1.54) is 12.1 Å². The molecule has 2 aromatic carbocycles. The third-order valence-electron chi connectivity index (χ3n) is 5.47. The Bertz CT molecular complexity index is 999. The van der Waals surface area contributed by atoms with Gasteiger partial charge in [0.2, 0.25) is 10.0 Å². The van der Waals surface area contributed by atoms with Crippen LogP contribution >= 0.6 is 0 Å². The molecule has 0 spiro atoms. The topological polar surface area (TPSA) is 98.5 Å². The van der Waals surface area contributed by atoms with Crippen LogP contribution in [0.2, 0.25) is 0 Å². The molecule has 1 atom stereocenters. The van der Waals surface area contributed by atoms with Crippen LogP contribution in [-0.2, 0) is 10.0 Å². The Hall–Kier alpha value is -2.45. The maximum Gasteiger partial charge on any atom is 0.273 e. The van der Waals surface area contributed by atoms with Crippen molar-refractivity contribution in [2.45, 2.75) is 56.6 Å². The van der Waals surface area contributed by atoms with Crippen molar-refractivity contribution in [2.75, 3.05) is 0 Å². The Labute approximate surface area is 164 Å². The molecule has 1 aliphatic heterocycles. The number of nitrogens with one attached hydrogen (secondary N) is 1. The Morgan fingerprint density at radius 2 is 1.89 bits per heavy atom. The third-order valence-corrected chi connectivity index (χ3v) is 6.94. The summed E-state index contributed by atoms with van der Waals surface area (Å²) in [4.78, 5) is 10.5. The second-order valence-electron chi connectivity index (χ2n) is 7.11. The summed E-state index contributed by atoms with van der Waals surface area (Å²) in [6.07, 6.45) is 1.97. The lowest BCUT2D eigenvalue weighted by Crippen LogP contribution is -2.44. The molecule has 0 fully saturated rings. The van der Waals surface area contributed by atoms with Gasteiger partial charge in [0, 0.05) is 23.6 Å². The van der Waals surface area contributed by atoms with Gasteiger partial charge in [-0.25, -0.2) is 13.1 Å². The highest BCUT2D eigenvalue weighted by molar-refractivity contribution is 7.89. The summed E-state index contributed by atoms with van der Waals surface area (Å²) in [5, 5.41) is 11.2. The van der Waals surface area contributed by atoms with Crippen LogP contribution < -0.4 is 9.46 Å². The molecule has 0 bridgehead atoms. The Kier molecular flexibility index (Phi) is 5.45. The van der Waals surface area contributed by atoms with Crippen LogP contribution in [-0.4, -0.2) is 18.9 Å². The maximum absolute atomic E-state index is 13.0. The van der Waals surface area contributed by atoms with E-state index in [4.69, 9.17) is 4.74 Å². The number of rotatable bonds is 6. The molecule has 1 unspecified atom stereocenters. The van der Waals surface area contributed by atoms with Crippen LogP contribution in [0.1, 0.15) is 50.3 Å². The Morgan fingerprint density at radius 3 is 2.54 bits per heavy atom. The number of ether oxygens (including phenoxy) is 1. The minimum Gasteiger partial charge on any atom is -0.487 e. The first-order valence-electron chi connectivity index (χ1n) is 9.26. The van der Waals surface area contributed by atoms with E-state index in [1.54, 1.807) is 6.92 Å². The zero-order valence-electron chi connectivity index (χ0n) is 16.1. The molecule has 1 N–H and O–H groups in total. The van der Waals surface area contributed by atoms with Gasteiger partial charge in [-0.2, -0.15) is 0 Å². The molecular formula is C20H24N2O5S. The van der Waals surface area contributed by atoms with Crippen molar-refractivity contribution >= 4 is 15.7 Å². The lowest BCUT2D eigenvalue weighted by molar-refractivity contribution is -0.385. The average Bonchev–Trinajstić information content (AvgIpc) is 2.67. The number of para-hydroxylation sites is 1. The highest BCUT2D eigenvalue weighted by Gasteiger charge is 2.40. The molecule has 0 aliphatic carbocycles. The molecule has 8 heteroatoms. The fourth-order valence-corrected chi connectivity index (χ4v) is 4.85. The van der Waals surface area contributed by atoms with Crippen molar-refractivity contribution < 1.29 is 18.1 Å². The number of hydrogen-bond acceptors (Lipinski definition) is 5. The van der Waals surface area contributed by atoms with E-state index >= 15 is 0 Å². The van der Waals surface area contributed by atoms with E-state index in [2.05, 4.69) is 4.72 Å². The van der Waals surface area contributed by atoms with Crippen LogP contribution in [0.15, 0.2) is 47.4 Å². The SMILES string of the molecule is CCC1(CC)CC(NS(=O)(=O)c2ccc(C)c([N+](=O)[O-])c2)c2ccccc2O1. The minimum absolute atomic E-state index is 0.118. The molecule has 2 aromatic rings. The van der Waals surface area contributed by atoms with Gasteiger partial charge >= 0.3 is 0 Å². The molecule has 0 aromatic heterocycles. The third kappa shape index (κ3) is 3.74. The van der Waals surface area contributed by atoms with Gasteiger partial charge in [0.15, 0.2) is 0 Å². The molecule has 0 radical (unpaired) electrons. The summed E-state index contributed by atoms with van der Waals surface area (Å²) in [6.45, 7) is 5.62. The van der Waals surface area contributed by atoms with Crippen molar-refractivity contribution in [2.24, 2.45) is 0 Å². The summed E-state index contributed by atoms with van der Waals surface area (Å²) >= 11 is 0. The lowest BCUT2D eigenvalue weighted by atomic mass is 9.84. The fourth-order valence-electron chi connectivity index (χ4n) is 3.61. The highest BCUT2D eigenvalue weighted by atomic mass is 32.2. The molecule has 3 rings (SSSR count). The number of fused-ring (bicyclic) bond motifs is 1. The first-order valence-corrected chi connectivity index (χ1v) is 10.7. The molecule has 1 aliphatic rings. The fraction of sp³-hybridized carbons (Fsp3) is 0.400. The van der Waals surface area contributed by atoms with Gasteiger partial charge in [-0.3, -0.25) is 10.1 Å². The molecule has 1 heterocycles. The first-order chi connectivity index (χ1) is 13.2. The van der Waals surface area contributed by atoms with Gasteiger partial charge < -0.3 is 4.74 Å². The first kappa shape index (κ1) is 20.3. The van der Waals surface area contributed by atoms with Crippen molar-refractivity contribution in [1.82, 2.24) is 4.72 Å². The predicted molar refractivity (Wildman–Crippen MR) is 106 cm³/mol. The van der Waals surface area contributed by atoms with E-state index in [9.17, 15) is 18.5 Å². The van der Waals surface area contributed by atoms with Gasteiger partial charge in [0.25, 0.3) is 5.69 Å². The summed E-state index contributed by atoms with van der Waals surface area (Å²) in [5.41, 5.74) is 0.508. The zero-order chi connectivity index (χ0) is 20.5. The summed E-state index contributed by atoms with van der Waals surface area (Å²) in [6, 6.07) is 10.9. The van der Waals surface area contributed by atoms with E-state index in [0.29, 0.717) is 17.7 Å². The second-order valence-corrected chi connectivity index (χ2v) is 8.83. The quantitative estimate of drug-likeness (QED) is 0.573. The standard InChI is InChI=1S/C20H24N2O5S/c1-4-20(5-2)13-17(16-8-6-7-9-19(16)27-20)21-28(25,26)15-11-10-14(3)18(12-15)22(23)24/h6-12,17,21H,4-5,13H2,1-3H3. The van der Waals surface area contributed by atoms with Crippen LogP contribution in [0.3, 0.4) is 0 Å². The molecule has 0 saturated heterocycles. The van der Waals surface area contributed by atoms with Gasteiger partial charge in [-0.15, -0.1) is 0 Å². The number of hydrogen-bond donors (Lipinski definition) is 1. The summed E-state index contributed by atoms with van der Waals surface area (Å²) in [5.74, 6) is 0.667. The molecule has 28 heavy (non-hydrogen) atoms. The van der Waals surface area contributed by atoms with Crippen molar-refractivity contribution in [3.8, 4) is 5.75 Å². The van der Waals surface area contributed by atoms with Gasteiger partial charge in [-0.05, 0) is 31.9 Å². The predicted octanol–water partition coefficient (Wildman–Crippen LogP) is 4.26. The van der Waals surface area contributed by atoms with E-state index in [1.807, 2.05) is 38.1 Å². The number of nitro benzene ring substituents is 1. The van der Waals surface area contributed by atoms with Crippen molar-refractivity contribution in [3.05, 3.63) is 63.7 Å². The van der Waals surface area contributed by atoms with Crippen LogP contribution in [0.25, 0.3) is 0 Å². The van der Waals surface area contributed by atoms with E-state index < -0.39 is 26.6 Å². The summed E-state index contributed by atoms with van der Waals surface area (Å²) in [7, 11) is -3.95. The van der Waals surface area contributed by atoms with Crippen molar-refractivity contribution in [1.29, 1.82) is 0 Å². The highest BCUT2D eigenvalue weighted by Crippen LogP contribution is 2.43. The Morgan fingerprint density at radius 1 is 1.21 bits per heavy atom. The minimum atomic E-state index is -3.95. The summed E-state index contributed by atoms with van der Waals surface area (Å²) < 4.78 is 35.0. The monoisotopic (exact) mass is 404 g/mol. The number of aryl methyl sites for hydroxylation is 1. The molecular weight excluding hydrogens is 380 g/mol. The van der Waals surface area contributed by atoms with E-state index in [0.717, 1.165) is 24.5 Å². The van der Waals surface area contributed by atoms with Gasteiger partial charge in [0.05, 0.1) is 15.9 Å². The normalized spacial score (nSPS) is 18.2. The zero-order valence-corrected chi connectivity index (χ0v) is 17.0. The van der Waals surface area contributed by atoms with Crippen molar-refractivity contribution in [3.63, 3.8) is 0 Å². The second kappa shape index (κ2) is 7.52. The molecule has 150 valence electrons. The Balaban J connectivity index is 2.00. The lowest BCUT2D eigenvalue weighted by Gasteiger charge is -2.41. The average molecular weight is 404 g/mol. The number of nitrogens with zero attached hydrogens (tertiary/aromatic N) is 1. The maximum atomic E-state index is 13.0. The molecule has 0 saturated carbocycles. The molecule has 0 amide bonds. The van der Waals surface area contributed by atoms with Crippen LogP contribution in [0.4, 0.5) is 5.69 Å². The number of sulfonamides is 1. The smallest absolute Gasteiger partial charge is 0.273 e. The van der Waals surface area contributed by atoms with Crippen LogP contribution in [0.5, 0.6) is 5.75 Å². The number of benzene rings is 2.